The fraction of sp³-hybridized carbons (Fsp3) is 0.385. The molecule has 16 heavy (non-hydrogen) atoms. The zero-order valence-corrected chi connectivity index (χ0v) is 9.44. The van der Waals surface area contributed by atoms with Crippen molar-refractivity contribution in [2.75, 3.05) is 5.43 Å². The van der Waals surface area contributed by atoms with E-state index in [1.165, 1.54) is 0 Å². The molecule has 0 bridgehead atoms. The normalized spacial score (nSPS) is 23.4. The molecule has 1 aliphatic carbocycles. The Balaban J connectivity index is 2.00. The van der Waals surface area contributed by atoms with Gasteiger partial charge in [-0.15, -0.1) is 0 Å². The number of benzene rings is 1. The lowest BCUT2D eigenvalue weighted by Crippen LogP contribution is -2.24. The van der Waals surface area contributed by atoms with E-state index in [0.717, 1.165) is 18.5 Å². The molecule has 0 radical (unpaired) electrons. The summed E-state index contributed by atoms with van der Waals surface area (Å²) in [6, 6.07) is 9.69. The fourth-order valence-corrected chi connectivity index (χ4v) is 1.82. The maximum atomic E-state index is 11.7. The average molecular weight is 216 g/mol. The van der Waals surface area contributed by atoms with Crippen LogP contribution in [0.15, 0.2) is 35.4 Å². The number of rotatable bonds is 2. The van der Waals surface area contributed by atoms with Crippen molar-refractivity contribution in [1.29, 1.82) is 0 Å². The minimum Gasteiger partial charge on any atom is -0.293 e. The summed E-state index contributed by atoms with van der Waals surface area (Å²) < 4.78 is 0. The number of hydrogen-bond acceptors (Lipinski definition) is 3. The highest BCUT2D eigenvalue weighted by Crippen LogP contribution is 2.19. The van der Waals surface area contributed by atoms with Gasteiger partial charge in [-0.05, 0) is 30.9 Å². The fourth-order valence-electron chi connectivity index (χ4n) is 1.82. The van der Waals surface area contributed by atoms with Crippen LogP contribution in [0.25, 0.3) is 0 Å². The molecule has 1 atom stereocenters. The van der Waals surface area contributed by atoms with Crippen LogP contribution in [0.3, 0.4) is 0 Å². The molecule has 3 heteroatoms. The number of ketones is 1. The number of carbonyl (C=O) groups is 1. The van der Waals surface area contributed by atoms with E-state index in [9.17, 15) is 4.79 Å². The second-order valence-corrected chi connectivity index (χ2v) is 4.31. The van der Waals surface area contributed by atoms with Crippen molar-refractivity contribution in [3.8, 4) is 0 Å². The molecule has 84 valence electrons. The second kappa shape index (κ2) is 4.92. The van der Waals surface area contributed by atoms with Crippen LogP contribution in [0, 0.1) is 5.92 Å². The van der Waals surface area contributed by atoms with Crippen molar-refractivity contribution in [1.82, 2.24) is 0 Å². The number of hydrogen-bond donors (Lipinski definition) is 1. The van der Waals surface area contributed by atoms with E-state index in [0.29, 0.717) is 18.1 Å². The van der Waals surface area contributed by atoms with Crippen LogP contribution in [0.4, 0.5) is 5.69 Å². The van der Waals surface area contributed by atoms with Crippen molar-refractivity contribution >= 4 is 17.2 Å². The van der Waals surface area contributed by atoms with Crippen LogP contribution in [0.1, 0.15) is 26.2 Å². The van der Waals surface area contributed by atoms with Gasteiger partial charge in [0.2, 0.25) is 0 Å². The summed E-state index contributed by atoms with van der Waals surface area (Å²) in [4.78, 5) is 11.7. The van der Waals surface area contributed by atoms with Gasteiger partial charge in [0.1, 0.15) is 5.71 Å². The summed E-state index contributed by atoms with van der Waals surface area (Å²) in [5, 5.41) is 4.19. The summed E-state index contributed by atoms with van der Waals surface area (Å²) in [5.74, 6) is 0.686. The van der Waals surface area contributed by atoms with Crippen molar-refractivity contribution in [2.45, 2.75) is 26.2 Å². The number of nitrogens with one attached hydrogen (secondary N) is 1. The van der Waals surface area contributed by atoms with Gasteiger partial charge in [0.15, 0.2) is 5.78 Å². The molecule has 1 aromatic rings. The van der Waals surface area contributed by atoms with Crippen molar-refractivity contribution < 1.29 is 4.79 Å². The van der Waals surface area contributed by atoms with Gasteiger partial charge in [0.25, 0.3) is 0 Å². The number of anilines is 1. The van der Waals surface area contributed by atoms with Gasteiger partial charge in [-0.1, -0.05) is 25.1 Å². The van der Waals surface area contributed by atoms with Crippen molar-refractivity contribution in [2.24, 2.45) is 11.0 Å². The van der Waals surface area contributed by atoms with E-state index in [1.54, 1.807) is 0 Å². The maximum absolute atomic E-state index is 11.7. The topological polar surface area (TPSA) is 41.5 Å². The number of nitrogens with zero attached hydrogens (tertiary/aromatic N) is 1. The van der Waals surface area contributed by atoms with Gasteiger partial charge in [-0.25, -0.2) is 0 Å². The molecule has 2 rings (SSSR count). The Morgan fingerprint density at radius 1 is 1.31 bits per heavy atom. The molecule has 0 aromatic heterocycles. The van der Waals surface area contributed by atoms with Gasteiger partial charge in [-0.2, -0.15) is 5.10 Å². The lowest BCUT2D eigenvalue weighted by Gasteiger charge is -2.17. The first-order chi connectivity index (χ1) is 7.75. The van der Waals surface area contributed by atoms with Crippen LogP contribution >= 0.6 is 0 Å². The summed E-state index contributed by atoms with van der Waals surface area (Å²) in [6.07, 6.45) is 2.48. The molecule has 0 spiro atoms. The molecule has 1 unspecified atom stereocenters. The third-order valence-electron chi connectivity index (χ3n) is 2.82. The second-order valence-electron chi connectivity index (χ2n) is 4.31. The predicted molar refractivity (Wildman–Crippen MR) is 65.5 cm³/mol. The Labute approximate surface area is 95.6 Å². The number of Topliss-reactive ketones (excluding diaryl/α,β-unsaturated/α-hetero) is 1. The highest BCUT2D eigenvalue weighted by atomic mass is 16.1. The first-order valence-corrected chi connectivity index (χ1v) is 5.66. The summed E-state index contributed by atoms with van der Waals surface area (Å²) in [7, 11) is 0. The Bertz CT molecular complexity index is 398. The number of hydrazone groups is 1. The van der Waals surface area contributed by atoms with E-state index in [-0.39, 0.29) is 5.78 Å². The van der Waals surface area contributed by atoms with Gasteiger partial charge < -0.3 is 0 Å². The zero-order valence-electron chi connectivity index (χ0n) is 9.44. The average Bonchev–Trinajstić information content (AvgIpc) is 2.29. The van der Waals surface area contributed by atoms with E-state index >= 15 is 0 Å². The zero-order chi connectivity index (χ0) is 11.4. The van der Waals surface area contributed by atoms with Gasteiger partial charge in [-0.3, -0.25) is 10.2 Å². The molecular weight excluding hydrogens is 200 g/mol. The molecule has 0 heterocycles. The monoisotopic (exact) mass is 216 g/mol. The van der Waals surface area contributed by atoms with E-state index in [1.807, 2.05) is 30.3 Å². The largest absolute Gasteiger partial charge is 0.293 e. The van der Waals surface area contributed by atoms with Crippen LogP contribution in [-0.2, 0) is 4.79 Å². The third-order valence-corrected chi connectivity index (χ3v) is 2.82. The molecule has 0 amide bonds. The molecule has 1 aromatic carbocycles. The Morgan fingerprint density at radius 2 is 2.06 bits per heavy atom. The van der Waals surface area contributed by atoms with Crippen LogP contribution < -0.4 is 5.43 Å². The molecule has 0 aliphatic heterocycles. The minimum absolute atomic E-state index is 0.183. The van der Waals surface area contributed by atoms with Crippen molar-refractivity contribution in [3.05, 3.63) is 30.3 Å². The first-order valence-electron chi connectivity index (χ1n) is 5.66. The Morgan fingerprint density at radius 3 is 2.75 bits per heavy atom. The van der Waals surface area contributed by atoms with E-state index in [2.05, 4.69) is 17.5 Å². The SMILES string of the molecule is CC1CCC(=NNc2ccccc2)C(=O)C1. The van der Waals surface area contributed by atoms with Gasteiger partial charge in [0.05, 0.1) is 5.69 Å². The van der Waals surface area contributed by atoms with E-state index < -0.39 is 0 Å². The van der Waals surface area contributed by atoms with E-state index in [4.69, 9.17) is 0 Å². The molecule has 0 saturated heterocycles. The molecule has 1 aliphatic rings. The predicted octanol–water partition coefficient (Wildman–Crippen LogP) is 2.84. The third kappa shape index (κ3) is 2.69. The van der Waals surface area contributed by atoms with Gasteiger partial charge in [0, 0.05) is 6.42 Å². The lowest BCUT2D eigenvalue weighted by molar-refractivity contribution is -0.114. The van der Waals surface area contributed by atoms with Crippen LogP contribution in [0.5, 0.6) is 0 Å². The Kier molecular flexibility index (Phi) is 3.34. The quantitative estimate of drug-likeness (QED) is 0.772. The summed E-state index contributed by atoms with van der Waals surface area (Å²) >= 11 is 0. The van der Waals surface area contributed by atoms with Gasteiger partial charge >= 0.3 is 0 Å². The van der Waals surface area contributed by atoms with Crippen LogP contribution in [0.2, 0.25) is 0 Å². The Hall–Kier alpha value is -1.64. The van der Waals surface area contributed by atoms with Crippen LogP contribution in [-0.4, -0.2) is 11.5 Å². The molecular formula is C13H16N2O. The molecule has 1 saturated carbocycles. The lowest BCUT2D eigenvalue weighted by atomic mass is 9.88. The maximum Gasteiger partial charge on any atom is 0.179 e. The summed E-state index contributed by atoms with van der Waals surface area (Å²) in [6.45, 7) is 2.11. The standard InChI is InChI=1S/C13H16N2O/c1-10-7-8-12(13(16)9-10)15-14-11-5-3-2-4-6-11/h2-6,10,14H,7-9H2,1H3. The smallest absolute Gasteiger partial charge is 0.179 e. The molecule has 3 nitrogen and oxygen atoms in total. The number of para-hydroxylation sites is 1. The highest BCUT2D eigenvalue weighted by molar-refractivity contribution is 6.40. The summed E-state index contributed by atoms with van der Waals surface area (Å²) in [5.41, 5.74) is 4.53. The number of carbonyl (C=O) groups excluding carboxylic acids is 1. The minimum atomic E-state index is 0.183. The first kappa shape index (κ1) is 10.9. The molecule has 1 N–H and O–H groups in total. The van der Waals surface area contributed by atoms with Crippen molar-refractivity contribution in [3.63, 3.8) is 0 Å². The molecule has 1 fully saturated rings. The highest BCUT2D eigenvalue weighted by Gasteiger charge is 2.21.